The van der Waals surface area contributed by atoms with Gasteiger partial charge >= 0.3 is 5.97 Å². The fraction of sp³-hybridized carbons (Fsp3) is 0.538. The topological polar surface area (TPSA) is 138 Å². The number of nitrogens with zero attached hydrogens (tertiary/aromatic N) is 3. The van der Waals surface area contributed by atoms with Crippen LogP contribution in [0, 0.1) is 5.41 Å². The molecule has 11 nitrogen and oxygen atoms in total. The second-order valence-electron chi connectivity index (χ2n) is 10.1. The van der Waals surface area contributed by atoms with Crippen LogP contribution in [0.15, 0.2) is 18.2 Å². The van der Waals surface area contributed by atoms with Gasteiger partial charge in [0.25, 0.3) is 5.91 Å². The molecule has 0 radical (unpaired) electrons. The third-order valence-corrected chi connectivity index (χ3v) is 6.21. The minimum Gasteiger partial charge on any atom is -0.497 e. The highest BCUT2D eigenvalue weighted by atomic mass is 16.7. The minimum atomic E-state index is -0.888. The van der Waals surface area contributed by atoms with Crippen LogP contribution in [0.4, 0.5) is 5.82 Å². The van der Waals surface area contributed by atoms with E-state index < -0.39 is 17.2 Å². The number of Topliss-reactive ketones (excluding diaryl/α,β-unsaturated/α-hetero) is 1. The van der Waals surface area contributed by atoms with Gasteiger partial charge in [0.2, 0.25) is 0 Å². The number of anilines is 1. The summed E-state index contributed by atoms with van der Waals surface area (Å²) in [6, 6.07) is 4.91. The molecule has 37 heavy (non-hydrogen) atoms. The van der Waals surface area contributed by atoms with Crippen LogP contribution in [0.2, 0.25) is 0 Å². The van der Waals surface area contributed by atoms with Crippen molar-refractivity contribution in [2.75, 3.05) is 39.2 Å². The molecule has 1 fully saturated rings. The smallest absolute Gasteiger partial charge is 0.330 e. The Hall–Kier alpha value is -3.60. The van der Waals surface area contributed by atoms with Crippen molar-refractivity contribution < 1.29 is 28.7 Å². The first kappa shape index (κ1) is 28.0. The Morgan fingerprint density at radius 2 is 1.78 bits per heavy atom. The van der Waals surface area contributed by atoms with E-state index in [1.165, 1.54) is 21.1 Å². The maximum Gasteiger partial charge on any atom is 0.330 e. The van der Waals surface area contributed by atoms with Gasteiger partial charge in [-0.1, -0.05) is 0 Å². The maximum atomic E-state index is 13.0. The molecule has 0 bridgehead atoms. The van der Waals surface area contributed by atoms with Gasteiger partial charge in [-0.15, -0.1) is 5.06 Å². The molecule has 1 saturated heterocycles. The number of ether oxygens (including phenoxy) is 2. The molecule has 3 rings (SSSR count). The van der Waals surface area contributed by atoms with Gasteiger partial charge in [-0.25, -0.2) is 9.48 Å². The monoisotopic (exact) mass is 515 g/mol. The lowest BCUT2D eigenvalue weighted by molar-refractivity contribution is -0.195. The van der Waals surface area contributed by atoms with Gasteiger partial charge in [-0.2, -0.15) is 5.10 Å². The molecule has 1 aliphatic heterocycles. The summed E-state index contributed by atoms with van der Waals surface area (Å²) in [4.78, 5) is 43.7. The van der Waals surface area contributed by atoms with Crippen molar-refractivity contribution >= 4 is 23.5 Å². The van der Waals surface area contributed by atoms with E-state index in [1.54, 1.807) is 48.7 Å². The summed E-state index contributed by atoms with van der Waals surface area (Å²) in [6.07, 6.45) is 0.618. The van der Waals surface area contributed by atoms with E-state index in [0.29, 0.717) is 48.9 Å². The number of ketones is 1. The van der Waals surface area contributed by atoms with E-state index in [4.69, 9.17) is 25.1 Å². The number of primary amides is 1. The summed E-state index contributed by atoms with van der Waals surface area (Å²) in [6.45, 7) is 10.1. The van der Waals surface area contributed by atoms with Gasteiger partial charge in [0, 0.05) is 19.2 Å². The van der Waals surface area contributed by atoms with Crippen LogP contribution < -0.4 is 20.5 Å². The summed E-state index contributed by atoms with van der Waals surface area (Å²) in [5.74, 6) is -0.714. The standard InChI is InChI=1S/C26H37N5O6/c1-8-28-24-21(23(27)33)22(20(15(2)32)16-11-18(35-6)13-19(12-16)36-7)29-31(24)17-9-10-30(14-17)37-25(34)26(3,4)5/h11-13,17,20,28H,8-10,14H2,1-7H3,(H2,27,33)/t17-,20?/m0/s1. The average Bonchev–Trinajstić information content (AvgIpc) is 3.43. The van der Waals surface area contributed by atoms with Crippen LogP contribution in [-0.4, -0.2) is 66.4 Å². The lowest BCUT2D eigenvalue weighted by Gasteiger charge is -2.22. The molecule has 3 N–H and O–H groups in total. The van der Waals surface area contributed by atoms with E-state index in [-0.39, 0.29) is 29.1 Å². The fourth-order valence-electron chi connectivity index (χ4n) is 4.33. The Balaban J connectivity index is 2.09. The molecule has 202 valence electrons. The number of carbonyl (C=O) groups excluding carboxylic acids is 3. The van der Waals surface area contributed by atoms with Crippen molar-refractivity contribution in [1.29, 1.82) is 0 Å². The van der Waals surface area contributed by atoms with E-state index in [2.05, 4.69) is 5.32 Å². The Labute approximate surface area is 217 Å². The minimum absolute atomic E-state index is 0.147. The van der Waals surface area contributed by atoms with Crippen LogP contribution in [0.25, 0.3) is 0 Å². The van der Waals surface area contributed by atoms with E-state index in [1.807, 2.05) is 6.92 Å². The number of carbonyl (C=O) groups is 3. The third-order valence-electron chi connectivity index (χ3n) is 6.21. The molecular weight excluding hydrogens is 478 g/mol. The Morgan fingerprint density at radius 1 is 1.16 bits per heavy atom. The van der Waals surface area contributed by atoms with Crippen molar-refractivity contribution in [2.45, 2.75) is 53.0 Å². The first-order chi connectivity index (χ1) is 17.4. The fourth-order valence-corrected chi connectivity index (χ4v) is 4.33. The summed E-state index contributed by atoms with van der Waals surface area (Å²) in [7, 11) is 3.04. The maximum absolute atomic E-state index is 13.0. The van der Waals surface area contributed by atoms with Crippen molar-refractivity contribution in [3.63, 3.8) is 0 Å². The molecular formula is C26H37N5O6. The number of hydroxylamine groups is 2. The molecule has 1 unspecified atom stereocenters. The van der Waals surface area contributed by atoms with Gasteiger partial charge in [0.15, 0.2) is 0 Å². The first-order valence-electron chi connectivity index (χ1n) is 12.3. The van der Waals surface area contributed by atoms with E-state index in [0.717, 1.165) is 0 Å². The number of aromatic nitrogens is 2. The number of amides is 1. The zero-order valence-electron chi connectivity index (χ0n) is 22.6. The van der Waals surface area contributed by atoms with Crippen molar-refractivity contribution in [3.8, 4) is 11.5 Å². The molecule has 1 aromatic carbocycles. The Kier molecular flexibility index (Phi) is 8.47. The second kappa shape index (κ2) is 11.2. The first-order valence-corrected chi connectivity index (χ1v) is 12.3. The summed E-state index contributed by atoms with van der Waals surface area (Å²) >= 11 is 0. The average molecular weight is 516 g/mol. The molecule has 0 spiro atoms. The molecule has 0 saturated carbocycles. The molecule has 2 heterocycles. The van der Waals surface area contributed by atoms with Crippen molar-refractivity contribution in [3.05, 3.63) is 35.0 Å². The van der Waals surface area contributed by atoms with Crippen LogP contribution in [0.5, 0.6) is 11.5 Å². The molecule has 0 aliphatic carbocycles. The highest BCUT2D eigenvalue weighted by Crippen LogP contribution is 2.37. The quantitative estimate of drug-likeness (QED) is 0.489. The number of nitrogens with two attached hydrogens (primary N) is 1. The van der Waals surface area contributed by atoms with Crippen LogP contribution in [0.3, 0.4) is 0 Å². The Bertz CT molecular complexity index is 1150. The molecule has 1 aliphatic rings. The molecule has 11 heteroatoms. The largest absolute Gasteiger partial charge is 0.497 e. The van der Waals surface area contributed by atoms with Gasteiger partial charge in [-0.05, 0) is 58.7 Å². The number of hydrogen-bond acceptors (Lipinski definition) is 9. The number of hydrogen-bond donors (Lipinski definition) is 2. The SMILES string of the molecule is CCNc1c(C(N)=O)c(C(C(C)=O)c2cc(OC)cc(OC)c2)nn1[C@H]1CCN(OC(=O)C(C)(C)C)C1. The highest BCUT2D eigenvalue weighted by Gasteiger charge is 2.37. The van der Waals surface area contributed by atoms with Gasteiger partial charge in [0.05, 0.1) is 43.8 Å². The number of rotatable bonds is 10. The predicted molar refractivity (Wildman–Crippen MR) is 138 cm³/mol. The Morgan fingerprint density at radius 3 is 2.27 bits per heavy atom. The third kappa shape index (κ3) is 6.04. The molecule has 2 atom stereocenters. The summed E-state index contributed by atoms with van der Waals surface area (Å²) in [5.41, 5.74) is 6.17. The van der Waals surface area contributed by atoms with Gasteiger partial charge in [-0.3, -0.25) is 9.59 Å². The van der Waals surface area contributed by atoms with Gasteiger partial charge < -0.3 is 25.4 Å². The zero-order chi connectivity index (χ0) is 27.5. The van der Waals surface area contributed by atoms with Crippen LogP contribution >= 0.6 is 0 Å². The summed E-state index contributed by atoms with van der Waals surface area (Å²) in [5, 5.41) is 9.60. The molecule has 1 aromatic heterocycles. The number of nitrogens with one attached hydrogen (secondary N) is 1. The highest BCUT2D eigenvalue weighted by molar-refractivity contribution is 6.01. The van der Waals surface area contributed by atoms with E-state index in [9.17, 15) is 14.4 Å². The summed E-state index contributed by atoms with van der Waals surface area (Å²) < 4.78 is 12.5. The lowest BCUT2D eigenvalue weighted by Crippen LogP contribution is -2.32. The zero-order valence-corrected chi connectivity index (χ0v) is 22.6. The number of benzene rings is 1. The lowest BCUT2D eigenvalue weighted by atomic mass is 9.89. The van der Waals surface area contributed by atoms with E-state index >= 15 is 0 Å². The van der Waals surface area contributed by atoms with Gasteiger partial charge in [0.1, 0.15) is 28.7 Å². The van der Waals surface area contributed by atoms with Crippen LogP contribution in [0.1, 0.15) is 74.6 Å². The molecule has 2 aromatic rings. The van der Waals surface area contributed by atoms with Crippen molar-refractivity contribution in [2.24, 2.45) is 11.1 Å². The number of methoxy groups -OCH3 is 2. The second-order valence-corrected chi connectivity index (χ2v) is 10.1. The molecule has 1 amide bonds. The normalized spacial score (nSPS) is 16.8. The van der Waals surface area contributed by atoms with Crippen LogP contribution in [-0.2, 0) is 14.4 Å². The van der Waals surface area contributed by atoms with Crippen molar-refractivity contribution in [1.82, 2.24) is 14.8 Å². The predicted octanol–water partition coefficient (Wildman–Crippen LogP) is 2.90.